The molecule has 1 aromatic rings. The van der Waals surface area contributed by atoms with E-state index in [0.29, 0.717) is 6.61 Å². The van der Waals surface area contributed by atoms with Crippen LogP contribution in [0, 0.1) is 6.92 Å². The number of carbonyl (C=O) groups is 1. The van der Waals surface area contributed by atoms with Crippen molar-refractivity contribution in [2.45, 2.75) is 13.8 Å². The topological polar surface area (TPSA) is 49.8 Å². The molecule has 16 heavy (non-hydrogen) atoms. The predicted molar refractivity (Wildman–Crippen MR) is 63.3 cm³/mol. The molecule has 4 heteroatoms. The smallest absolute Gasteiger partial charge is 0.323 e. The molecule has 1 rings (SSSR count). The van der Waals surface area contributed by atoms with Gasteiger partial charge in [-0.25, -0.2) is 0 Å². The molecule has 0 aromatic heterocycles. The van der Waals surface area contributed by atoms with Crippen molar-refractivity contribution in [1.82, 2.24) is 0 Å². The summed E-state index contributed by atoms with van der Waals surface area (Å²) < 4.78 is 5.46. The van der Waals surface area contributed by atoms with E-state index in [9.17, 15) is 4.79 Å². The van der Waals surface area contributed by atoms with Crippen LogP contribution in [0.5, 0.6) is 5.75 Å². The number of aliphatic carboxylic acids is 1. The third-order valence-electron chi connectivity index (χ3n) is 2.20. The normalized spacial score (nSPS) is 9.94. The molecule has 0 aliphatic carbocycles. The van der Waals surface area contributed by atoms with E-state index >= 15 is 0 Å². The van der Waals surface area contributed by atoms with Crippen molar-refractivity contribution in [2.75, 3.05) is 25.1 Å². The molecule has 0 spiro atoms. The summed E-state index contributed by atoms with van der Waals surface area (Å²) in [5, 5.41) is 8.75. The number of benzene rings is 1. The number of aryl methyl sites for hydroxylation is 1. The fourth-order valence-corrected chi connectivity index (χ4v) is 1.49. The lowest BCUT2D eigenvalue weighted by molar-refractivity contribution is -0.135. The van der Waals surface area contributed by atoms with E-state index in [2.05, 4.69) is 0 Å². The Morgan fingerprint density at radius 3 is 2.75 bits per heavy atom. The number of rotatable bonds is 5. The van der Waals surface area contributed by atoms with Crippen molar-refractivity contribution in [1.29, 1.82) is 0 Å². The molecule has 1 N–H and O–H groups in total. The van der Waals surface area contributed by atoms with E-state index in [-0.39, 0.29) is 6.54 Å². The minimum Gasteiger partial charge on any atom is -0.492 e. The van der Waals surface area contributed by atoms with Gasteiger partial charge in [-0.1, -0.05) is 6.07 Å². The number of hydrogen-bond donors (Lipinski definition) is 1. The summed E-state index contributed by atoms with van der Waals surface area (Å²) in [5.41, 5.74) is 1.89. The maximum atomic E-state index is 10.7. The molecule has 0 amide bonds. The molecular weight excluding hydrogens is 206 g/mol. The summed E-state index contributed by atoms with van der Waals surface area (Å²) in [6, 6.07) is 5.74. The van der Waals surface area contributed by atoms with E-state index in [1.807, 2.05) is 32.0 Å². The standard InChI is InChI=1S/C12H17NO3/c1-4-16-11-6-5-9(2)7-10(11)13(3)8-12(14)15/h5-7H,4,8H2,1-3H3,(H,14,15). The fraction of sp³-hybridized carbons (Fsp3) is 0.417. The SMILES string of the molecule is CCOc1ccc(C)cc1N(C)CC(=O)O. The Kier molecular flexibility index (Phi) is 4.17. The third kappa shape index (κ3) is 3.15. The molecule has 88 valence electrons. The van der Waals surface area contributed by atoms with Crippen LogP contribution in [0.4, 0.5) is 5.69 Å². The van der Waals surface area contributed by atoms with Crippen LogP contribution in [0.25, 0.3) is 0 Å². The Labute approximate surface area is 95.5 Å². The summed E-state index contributed by atoms with van der Waals surface area (Å²) in [6.07, 6.45) is 0. The van der Waals surface area contributed by atoms with E-state index < -0.39 is 5.97 Å². The number of carboxylic acid groups (broad SMARTS) is 1. The Morgan fingerprint density at radius 1 is 1.50 bits per heavy atom. The van der Waals surface area contributed by atoms with E-state index in [1.165, 1.54) is 0 Å². The maximum absolute atomic E-state index is 10.7. The quantitative estimate of drug-likeness (QED) is 0.828. The Morgan fingerprint density at radius 2 is 2.19 bits per heavy atom. The molecule has 0 bridgehead atoms. The van der Waals surface area contributed by atoms with Crippen LogP contribution in [-0.2, 0) is 4.79 Å². The highest BCUT2D eigenvalue weighted by Crippen LogP contribution is 2.28. The average molecular weight is 223 g/mol. The summed E-state index contributed by atoms with van der Waals surface area (Å²) in [7, 11) is 1.74. The van der Waals surface area contributed by atoms with Crippen LogP contribution < -0.4 is 9.64 Å². The van der Waals surface area contributed by atoms with Gasteiger partial charge in [0.2, 0.25) is 0 Å². The summed E-state index contributed by atoms with van der Waals surface area (Å²) >= 11 is 0. The van der Waals surface area contributed by atoms with Gasteiger partial charge < -0.3 is 14.7 Å². The van der Waals surface area contributed by atoms with Crippen LogP contribution in [0.2, 0.25) is 0 Å². The number of carboxylic acids is 1. The van der Waals surface area contributed by atoms with E-state index in [4.69, 9.17) is 9.84 Å². The van der Waals surface area contributed by atoms with Gasteiger partial charge in [-0.2, -0.15) is 0 Å². The highest BCUT2D eigenvalue weighted by Gasteiger charge is 2.11. The number of hydrogen-bond acceptors (Lipinski definition) is 3. The fourth-order valence-electron chi connectivity index (χ4n) is 1.49. The molecule has 0 unspecified atom stereocenters. The Balaban J connectivity index is 2.98. The average Bonchev–Trinajstić information content (AvgIpc) is 2.20. The highest BCUT2D eigenvalue weighted by atomic mass is 16.5. The van der Waals surface area contributed by atoms with Crippen LogP contribution in [0.3, 0.4) is 0 Å². The molecule has 0 aliphatic rings. The molecule has 0 fully saturated rings. The lowest BCUT2D eigenvalue weighted by Gasteiger charge is -2.20. The second-order valence-corrected chi connectivity index (χ2v) is 3.65. The van der Waals surface area contributed by atoms with Crippen LogP contribution in [-0.4, -0.2) is 31.3 Å². The first-order valence-electron chi connectivity index (χ1n) is 5.21. The largest absolute Gasteiger partial charge is 0.492 e. The molecule has 4 nitrogen and oxygen atoms in total. The number of ether oxygens (including phenoxy) is 1. The van der Waals surface area contributed by atoms with Gasteiger partial charge in [0.15, 0.2) is 0 Å². The molecule has 0 radical (unpaired) electrons. The van der Waals surface area contributed by atoms with Gasteiger partial charge >= 0.3 is 5.97 Å². The molecule has 0 heterocycles. The number of nitrogens with zero attached hydrogens (tertiary/aromatic N) is 1. The van der Waals surface area contributed by atoms with Gasteiger partial charge in [-0.05, 0) is 31.5 Å². The third-order valence-corrected chi connectivity index (χ3v) is 2.20. The number of likely N-dealkylation sites (N-methyl/N-ethyl adjacent to an activating group) is 1. The first-order chi connectivity index (χ1) is 7.54. The first-order valence-corrected chi connectivity index (χ1v) is 5.21. The molecular formula is C12H17NO3. The predicted octanol–water partition coefficient (Wildman–Crippen LogP) is 1.91. The molecule has 0 saturated heterocycles. The second-order valence-electron chi connectivity index (χ2n) is 3.65. The minimum atomic E-state index is -0.855. The van der Waals surface area contributed by atoms with Crippen LogP contribution in [0.15, 0.2) is 18.2 Å². The van der Waals surface area contributed by atoms with E-state index in [1.54, 1.807) is 11.9 Å². The van der Waals surface area contributed by atoms with Gasteiger partial charge in [0.25, 0.3) is 0 Å². The Hall–Kier alpha value is -1.71. The molecule has 1 aromatic carbocycles. The zero-order chi connectivity index (χ0) is 12.1. The van der Waals surface area contributed by atoms with Crippen molar-refractivity contribution < 1.29 is 14.6 Å². The molecule has 0 aliphatic heterocycles. The van der Waals surface area contributed by atoms with Crippen molar-refractivity contribution in [3.8, 4) is 5.75 Å². The first kappa shape index (κ1) is 12.4. The monoisotopic (exact) mass is 223 g/mol. The van der Waals surface area contributed by atoms with Gasteiger partial charge in [0.05, 0.1) is 12.3 Å². The summed E-state index contributed by atoms with van der Waals surface area (Å²) in [5.74, 6) is -0.136. The highest BCUT2D eigenvalue weighted by molar-refractivity contribution is 5.75. The lowest BCUT2D eigenvalue weighted by atomic mass is 10.2. The van der Waals surface area contributed by atoms with Crippen molar-refractivity contribution in [3.05, 3.63) is 23.8 Å². The van der Waals surface area contributed by atoms with Crippen molar-refractivity contribution >= 4 is 11.7 Å². The van der Waals surface area contributed by atoms with Gasteiger partial charge in [-0.3, -0.25) is 4.79 Å². The Bertz CT molecular complexity index is 377. The van der Waals surface area contributed by atoms with Crippen LogP contribution >= 0.6 is 0 Å². The zero-order valence-electron chi connectivity index (χ0n) is 9.86. The molecule has 0 saturated carbocycles. The zero-order valence-corrected chi connectivity index (χ0v) is 9.86. The van der Waals surface area contributed by atoms with E-state index in [0.717, 1.165) is 17.0 Å². The summed E-state index contributed by atoms with van der Waals surface area (Å²) in [6.45, 7) is 4.40. The number of anilines is 1. The van der Waals surface area contributed by atoms with Crippen molar-refractivity contribution in [3.63, 3.8) is 0 Å². The maximum Gasteiger partial charge on any atom is 0.323 e. The lowest BCUT2D eigenvalue weighted by Crippen LogP contribution is -2.25. The second kappa shape index (κ2) is 5.39. The minimum absolute atomic E-state index is 0.0382. The van der Waals surface area contributed by atoms with Gasteiger partial charge in [0, 0.05) is 7.05 Å². The van der Waals surface area contributed by atoms with Crippen LogP contribution in [0.1, 0.15) is 12.5 Å². The van der Waals surface area contributed by atoms with Crippen molar-refractivity contribution in [2.24, 2.45) is 0 Å². The van der Waals surface area contributed by atoms with Gasteiger partial charge in [0.1, 0.15) is 12.3 Å². The molecule has 0 atom stereocenters. The summed E-state index contributed by atoms with van der Waals surface area (Å²) in [4.78, 5) is 12.3. The van der Waals surface area contributed by atoms with Gasteiger partial charge in [-0.15, -0.1) is 0 Å².